The highest BCUT2D eigenvalue weighted by atomic mass is 32.2. The van der Waals surface area contributed by atoms with Gasteiger partial charge in [0.1, 0.15) is 17.3 Å². The summed E-state index contributed by atoms with van der Waals surface area (Å²) in [6.07, 6.45) is 0.178. The minimum atomic E-state index is -4.03. The molecule has 0 radical (unpaired) electrons. The highest BCUT2D eigenvalue weighted by molar-refractivity contribution is 7.89. The third kappa shape index (κ3) is 5.42. The van der Waals surface area contributed by atoms with Gasteiger partial charge in [0.05, 0.1) is 6.42 Å². The van der Waals surface area contributed by atoms with E-state index in [-0.39, 0.29) is 29.6 Å². The molecule has 0 aromatic heterocycles. The van der Waals surface area contributed by atoms with Crippen LogP contribution in [0.25, 0.3) is 0 Å². The molecule has 0 fully saturated rings. The lowest BCUT2D eigenvalue weighted by molar-refractivity contribution is -0.115. The summed E-state index contributed by atoms with van der Waals surface area (Å²) in [5, 5.41) is 8.02. The number of carbonyl (C=O) groups is 1. The topological polar surface area (TPSA) is 98.5 Å². The largest absolute Gasteiger partial charge is 0.487 e. The van der Waals surface area contributed by atoms with Crippen LogP contribution in [0.5, 0.6) is 5.75 Å². The van der Waals surface area contributed by atoms with E-state index in [0.717, 1.165) is 11.1 Å². The van der Waals surface area contributed by atoms with E-state index in [1.807, 2.05) is 60.7 Å². The van der Waals surface area contributed by atoms with Crippen molar-refractivity contribution in [3.8, 4) is 5.75 Å². The highest BCUT2D eigenvalue weighted by Gasteiger charge is 2.17. The number of primary sulfonamides is 1. The molecule has 3 N–H and O–H groups in total. The van der Waals surface area contributed by atoms with Crippen molar-refractivity contribution < 1.29 is 17.9 Å². The van der Waals surface area contributed by atoms with E-state index in [1.165, 1.54) is 12.1 Å². The third-order valence-corrected chi connectivity index (χ3v) is 4.91. The van der Waals surface area contributed by atoms with E-state index in [9.17, 15) is 13.2 Å². The maximum atomic E-state index is 12.2. The van der Waals surface area contributed by atoms with Crippen LogP contribution in [0.3, 0.4) is 0 Å². The highest BCUT2D eigenvalue weighted by Crippen LogP contribution is 2.27. The Morgan fingerprint density at radius 3 is 2.11 bits per heavy atom. The molecular weight excluding hydrogens is 376 g/mol. The zero-order valence-electron chi connectivity index (χ0n) is 15.0. The van der Waals surface area contributed by atoms with Gasteiger partial charge in [-0.05, 0) is 29.3 Å². The van der Waals surface area contributed by atoms with Crippen molar-refractivity contribution in [2.24, 2.45) is 5.14 Å². The first kappa shape index (κ1) is 19.6. The van der Waals surface area contributed by atoms with Crippen LogP contribution in [0, 0.1) is 0 Å². The van der Waals surface area contributed by atoms with Crippen molar-refractivity contribution in [3.05, 3.63) is 90.0 Å². The molecule has 0 aliphatic heterocycles. The molecule has 0 atom stereocenters. The first-order chi connectivity index (χ1) is 13.4. The van der Waals surface area contributed by atoms with Crippen LogP contribution in [0.1, 0.15) is 11.1 Å². The molecular formula is C21H20N2O4S. The number of benzene rings is 3. The standard InChI is InChI=1S/C21H20N2O4S/c22-28(25,26)20-14-18(23-21(24)13-16-7-3-1-4-8-16)11-12-19(20)27-15-17-9-5-2-6-10-17/h1-12,14H,13,15H2,(H,23,24)(H2,22,25,26). The Kier molecular flexibility index (Phi) is 6.08. The van der Waals surface area contributed by atoms with Crippen LogP contribution in [0.4, 0.5) is 5.69 Å². The lowest BCUT2D eigenvalue weighted by Gasteiger charge is -2.13. The van der Waals surface area contributed by atoms with Gasteiger partial charge in [-0.25, -0.2) is 13.6 Å². The lowest BCUT2D eigenvalue weighted by Crippen LogP contribution is -2.17. The van der Waals surface area contributed by atoms with E-state index >= 15 is 0 Å². The van der Waals surface area contributed by atoms with Crippen LogP contribution in [-0.2, 0) is 27.8 Å². The van der Waals surface area contributed by atoms with Gasteiger partial charge in [0.15, 0.2) is 0 Å². The van der Waals surface area contributed by atoms with Crippen LogP contribution in [0.15, 0.2) is 83.8 Å². The zero-order chi connectivity index (χ0) is 20.0. The number of nitrogens with one attached hydrogen (secondary N) is 1. The van der Waals surface area contributed by atoms with E-state index in [4.69, 9.17) is 9.88 Å². The number of ether oxygens (including phenoxy) is 1. The second-order valence-corrected chi connectivity index (χ2v) is 7.72. The number of hydrogen-bond donors (Lipinski definition) is 2. The fourth-order valence-corrected chi connectivity index (χ4v) is 3.35. The van der Waals surface area contributed by atoms with Crippen LogP contribution < -0.4 is 15.2 Å². The minimum absolute atomic E-state index is 0.132. The van der Waals surface area contributed by atoms with Crippen LogP contribution in [-0.4, -0.2) is 14.3 Å². The van der Waals surface area contributed by atoms with Gasteiger partial charge in [0, 0.05) is 5.69 Å². The fourth-order valence-electron chi connectivity index (χ4n) is 2.65. The molecule has 0 heterocycles. The van der Waals surface area contributed by atoms with E-state index in [0.29, 0.717) is 5.69 Å². The number of rotatable bonds is 7. The van der Waals surface area contributed by atoms with Gasteiger partial charge < -0.3 is 10.1 Å². The quantitative estimate of drug-likeness (QED) is 0.641. The molecule has 1 amide bonds. The Balaban J connectivity index is 1.75. The maximum Gasteiger partial charge on any atom is 0.241 e. The molecule has 3 aromatic rings. The van der Waals surface area contributed by atoms with Crippen molar-refractivity contribution >= 4 is 21.6 Å². The molecule has 0 aliphatic carbocycles. The molecule has 0 aliphatic rings. The van der Waals surface area contributed by atoms with Crippen LogP contribution >= 0.6 is 0 Å². The summed E-state index contributed by atoms with van der Waals surface area (Å²) < 4.78 is 29.6. The van der Waals surface area contributed by atoms with Crippen molar-refractivity contribution in [3.63, 3.8) is 0 Å². The first-order valence-electron chi connectivity index (χ1n) is 8.59. The molecule has 0 saturated carbocycles. The molecule has 0 spiro atoms. The van der Waals surface area contributed by atoms with Crippen molar-refractivity contribution in [1.29, 1.82) is 0 Å². The SMILES string of the molecule is NS(=O)(=O)c1cc(NC(=O)Cc2ccccc2)ccc1OCc1ccccc1. The smallest absolute Gasteiger partial charge is 0.241 e. The molecule has 7 heteroatoms. The summed E-state index contributed by atoms with van der Waals surface area (Å²) >= 11 is 0. The second kappa shape index (κ2) is 8.69. The second-order valence-electron chi connectivity index (χ2n) is 6.19. The maximum absolute atomic E-state index is 12.2. The van der Waals surface area contributed by atoms with Gasteiger partial charge in [0.25, 0.3) is 0 Å². The van der Waals surface area contributed by atoms with E-state index in [1.54, 1.807) is 6.07 Å². The number of amides is 1. The monoisotopic (exact) mass is 396 g/mol. The predicted octanol–water partition coefficient (Wildman–Crippen LogP) is 3.09. The first-order valence-corrected chi connectivity index (χ1v) is 10.1. The number of sulfonamides is 1. The molecule has 0 saturated heterocycles. The average Bonchev–Trinajstić information content (AvgIpc) is 2.68. The number of carbonyl (C=O) groups excluding carboxylic acids is 1. The molecule has 3 rings (SSSR count). The number of nitrogens with two attached hydrogens (primary N) is 1. The third-order valence-electron chi connectivity index (χ3n) is 3.98. The summed E-state index contributed by atoms with van der Waals surface area (Å²) in [6, 6.07) is 23.0. The molecule has 0 bridgehead atoms. The van der Waals surface area contributed by atoms with Crippen molar-refractivity contribution in [1.82, 2.24) is 0 Å². The summed E-state index contributed by atoms with van der Waals surface area (Å²) in [4.78, 5) is 12.0. The summed E-state index contributed by atoms with van der Waals surface area (Å²) in [5.41, 5.74) is 2.08. The Bertz CT molecular complexity index is 1050. The molecule has 144 valence electrons. The van der Waals surface area contributed by atoms with Gasteiger partial charge in [-0.15, -0.1) is 0 Å². The Morgan fingerprint density at radius 1 is 0.893 bits per heavy atom. The van der Waals surface area contributed by atoms with Crippen molar-refractivity contribution in [2.45, 2.75) is 17.9 Å². The van der Waals surface area contributed by atoms with Gasteiger partial charge >= 0.3 is 0 Å². The summed E-state index contributed by atoms with van der Waals surface area (Å²) in [7, 11) is -4.03. The predicted molar refractivity (Wildman–Crippen MR) is 107 cm³/mol. The summed E-state index contributed by atoms with van der Waals surface area (Å²) in [6.45, 7) is 0.197. The average molecular weight is 396 g/mol. The molecule has 3 aromatic carbocycles. The van der Waals surface area contributed by atoms with E-state index in [2.05, 4.69) is 5.32 Å². The van der Waals surface area contributed by atoms with Crippen molar-refractivity contribution in [2.75, 3.05) is 5.32 Å². The van der Waals surface area contributed by atoms with Gasteiger partial charge in [-0.3, -0.25) is 4.79 Å². The normalized spacial score (nSPS) is 11.0. The number of anilines is 1. The lowest BCUT2D eigenvalue weighted by atomic mass is 10.1. The Morgan fingerprint density at radius 2 is 1.50 bits per heavy atom. The minimum Gasteiger partial charge on any atom is -0.487 e. The summed E-state index contributed by atoms with van der Waals surface area (Å²) in [5.74, 6) is -0.128. The van der Waals surface area contributed by atoms with E-state index < -0.39 is 10.0 Å². The molecule has 0 unspecified atom stereocenters. The Labute approximate surface area is 164 Å². The molecule has 28 heavy (non-hydrogen) atoms. The van der Waals surface area contributed by atoms with Crippen LogP contribution in [0.2, 0.25) is 0 Å². The van der Waals surface area contributed by atoms with Gasteiger partial charge in [0.2, 0.25) is 15.9 Å². The fraction of sp³-hybridized carbons (Fsp3) is 0.0952. The zero-order valence-corrected chi connectivity index (χ0v) is 15.9. The molecule has 6 nitrogen and oxygen atoms in total. The van der Waals surface area contributed by atoms with Gasteiger partial charge in [-0.2, -0.15) is 0 Å². The van der Waals surface area contributed by atoms with Gasteiger partial charge in [-0.1, -0.05) is 60.7 Å². The number of hydrogen-bond acceptors (Lipinski definition) is 4. The Hall–Kier alpha value is -3.16.